The van der Waals surface area contributed by atoms with Crippen LogP contribution in [-0.4, -0.2) is 19.3 Å². The molecule has 1 fully saturated rings. The van der Waals surface area contributed by atoms with Crippen molar-refractivity contribution in [1.82, 2.24) is 4.31 Å². The topological polar surface area (TPSA) is 37.4 Å². The maximum Gasteiger partial charge on any atom is 0.244 e. The van der Waals surface area contributed by atoms with E-state index in [1.165, 1.54) is 11.3 Å². The molecule has 7 heteroatoms. The lowest BCUT2D eigenvalue weighted by molar-refractivity contribution is 0.397. The van der Waals surface area contributed by atoms with Crippen molar-refractivity contribution in [1.29, 1.82) is 0 Å². The van der Waals surface area contributed by atoms with Gasteiger partial charge >= 0.3 is 0 Å². The molecule has 0 bridgehead atoms. The molecular formula is C13H14BrNO2S3. The summed E-state index contributed by atoms with van der Waals surface area (Å²) >= 11 is 6.46. The van der Waals surface area contributed by atoms with Crippen LogP contribution in [0, 0.1) is 6.92 Å². The molecule has 0 saturated carbocycles. The number of halogens is 1. The van der Waals surface area contributed by atoms with E-state index in [9.17, 15) is 8.42 Å². The second kappa shape index (κ2) is 5.53. The Hall–Kier alpha value is -0.210. The lowest BCUT2D eigenvalue weighted by atomic mass is 10.1. The fraction of sp³-hybridized carbons (Fsp3) is 0.385. The van der Waals surface area contributed by atoms with Gasteiger partial charge in [-0.2, -0.15) is 15.6 Å². The van der Waals surface area contributed by atoms with Gasteiger partial charge in [0.05, 0.1) is 14.7 Å². The monoisotopic (exact) mass is 391 g/mol. The van der Waals surface area contributed by atoms with Crippen molar-refractivity contribution < 1.29 is 8.42 Å². The van der Waals surface area contributed by atoms with Gasteiger partial charge in [-0.15, -0.1) is 11.3 Å². The summed E-state index contributed by atoms with van der Waals surface area (Å²) in [4.78, 5) is 1.28. The SMILES string of the molecule is Cc1sc(Br)cc1S(=O)(=O)N1CCCC1c1ccsc1. The highest BCUT2D eigenvalue weighted by molar-refractivity contribution is 9.11. The maximum absolute atomic E-state index is 12.9. The molecule has 3 rings (SSSR count). The first-order chi connectivity index (χ1) is 9.50. The van der Waals surface area contributed by atoms with E-state index in [4.69, 9.17) is 0 Å². The van der Waals surface area contributed by atoms with Crippen LogP contribution < -0.4 is 0 Å². The Bertz CT molecular complexity index is 706. The van der Waals surface area contributed by atoms with Gasteiger partial charge in [0, 0.05) is 11.4 Å². The Morgan fingerprint density at radius 1 is 1.45 bits per heavy atom. The standard InChI is InChI=1S/C13H14BrNO2S3/c1-9-12(7-13(14)19-9)20(16,17)15-5-2-3-11(15)10-4-6-18-8-10/h4,6-8,11H,2-3,5H2,1H3. The van der Waals surface area contributed by atoms with Gasteiger partial charge in [-0.25, -0.2) is 8.42 Å². The van der Waals surface area contributed by atoms with E-state index in [1.54, 1.807) is 21.7 Å². The van der Waals surface area contributed by atoms with Crippen LogP contribution >= 0.6 is 38.6 Å². The van der Waals surface area contributed by atoms with Crippen LogP contribution in [0.5, 0.6) is 0 Å². The van der Waals surface area contributed by atoms with E-state index in [0.29, 0.717) is 11.4 Å². The summed E-state index contributed by atoms with van der Waals surface area (Å²) in [7, 11) is -3.41. The molecule has 1 saturated heterocycles. The Morgan fingerprint density at radius 3 is 2.85 bits per heavy atom. The highest BCUT2D eigenvalue weighted by atomic mass is 79.9. The molecule has 0 radical (unpaired) electrons. The van der Waals surface area contributed by atoms with Crippen LogP contribution in [0.3, 0.4) is 0 Å². The smallest absolute Gasteiger partial charge is 0.207 e. The van der Waals surface area contributed by atoms with Crippen LogP contribution in [0.1, 0.15) is 29.3 Å². The summed E-state index contributed by atoms with van der Waals surface area (Å²) in [6, 6.07) is 3.74. The number of hydrogen-bond donors (Lipinski definition) is 0. The Labute approximate surface area is 135 Å². The van der Waals surface area contributed by atoms with Crippen LogP contribution in [0.4, 0.5) is 0 Å². The third-order valence-corrected chi connectivity index (χ3v) is 7.98. The minimum Gasteiger partial charge on any atom is -0.207 e. The molecule has 108 valence electrons. The van der Waals surface area contributed by atoms with Crippen LogP contribution in [0.25, 0.3) is 0 Å². The molecule has 0 amide bonds. The highest BCUT2D eigenvalue weighted by Gasteiger charge is 2.37. The van der Waals surface area contributed by atoms with Gasteiger partial charge in [0.1, 0.15) is 0 Å². The van der Waals surface area contributed by atoms with Gasteiger partial charge in [-0.1, -0.05) is 0 Å². The first-order valence-electron chi connectivity index (χ1n) is 6.30. The van der Waals surface area contributed by atoms with Gasteiger partial charge < -0.3 is 0 Å². The Kier molecular flexibility index (Phi) is 4.07. The van der Waals surface area contributed by atoms with E-state index in [-0.39, 0.29) is 6.04 Å². The third-order valence-electron chi connectivity index (χ3n) is 3.56. The number of aryl methyl sites for hydroxylation is 1. The minimum atomic E-state index is -3.41. The van der Waals surface area contributed by atoms with E-state index >= 15 is 0 Å². The van der Waals surface area contributed by atoms with Crippen molar-refractivity contribution in [2.45, 2.75) is 30.7 Å². The summed E-state index contributed by atoms with van der Waals surface area (Å²) in [5, 5.41) is 4.06. The van der Waals surface area contributed by atoms with E-state index < -0.39 is 10.0 Å². The lowest BCUT2D eigenvalue weighted by Gasteiger charge is -2.23. The first-order valence-corrected chi connectivity index (χ1v) is 10.3. The van der Waals surface area contributed by atoms with Crippen molar-refractivity contribution >= 4 is 48.6 Å². The average molecular weight is 392 g/mol. The van der Waals surface area contributed by atoms with Gasteiger partial charge in [0.2, 0.25) is 10.0 Å². The fourth-order valence-electron chi connectivity index (χ4n) is 2.64. The Morgan fingerprint density at radius 2 is 2.25 bits per heavy atom. The number of hydrogen-bond acceptors (Lipinski definition) is 4. The molecule has 3 heterocycles. The average Bonchev–Trinajstić information content (AvgIpc) is 3.06. The molecule has 0 aliphatic carbocycles. The van der Waals surface area contributed by atoms with Crippen LogP contribution in [0.15, 0.2) is 31.6 Å². The van der Waals surface area contributed by atoms with E-state index in [2.05, 4.69) is 21.3 Å². The largest absolute Gasteiger partial charge is 0.244 e. The molecule has 1 aliphatic heterocycles. The molecule has 1 unspecified atom stereocenters. The van der Waals surface area contributed by atoms with Crippen LogP contribution in [-0.2, 0) is 10.0 Å². The molecule has 0 spiro atoms. The van der Waals surface area contributed by atoms with Crippen molar-refractivity contribution in [3.63, 3.8) is 0 Å². The lowest BCUT2D eigenvalue weighted by Crippen LogP contribution is -2.30. The maximum atomic E-state index is 12.9. The predicted molar refractivity (Wildman–Crippen MR) is 86.9 cm³/mol. The second-order valence-electron chi connectivity index (χ2n) is 4.80. The normalized spacial score (nSPS) is 20.6. The molecule has 2 aromatic heterocycles. The quantitative estimate of drug-likeness (QED) is 0.776. The minimum absolute atomic E-state index is 0.00988. The molecule has 0 N–H and O–H groups in total. The predicted octanol–water partition coefficient (Wildman–Crippen LogP) is 4.41. The number of sulfonamides is 1. The molecule has 3 nitrogen and oxygen atoms in total. The van der Waals surface area contributed by atoms with E-state index in [0.717, 1.165) is 27.1 Å². The zero-order valence-electron chi connectivity index (χ0n) is 10.9. The van der Waals surface area contributed by atoms with Gasteiger partial charge in [-0.3, -0.25) is 0 Å². The molecular weight excluding hydrogens is 378 g/mol. The molecule has 2 aromatic rings. The third kappa shape index (κ3) is 2.50. The second-order valence-corrected chi connectivity index (χ2v) is 10.1. The summed E-state index contributed by atoms with van der Waals surface area (Å²) < 4.78 is 28.3. The first kappa shape index (κ1) is 14.7. The fourth-order valence-corrected chi connectivity index (χ4v) is 7.41. The van der Waals surface area contributed by atoms with Crippen LogP contribution in [0.2, 0.25) is 0 Å². The Balaban J connectivity index is 2.00. The zero-order chi connectivity index (χ0) is 14.3. The highest BCUT2D eigenvalue weighted by Crippen LogP contribution is 2.40. The number of nitrogens with zero attached hydrogens (tertiary/aromatic N) is 1. The summed E-state index contributed by atoms with van der Waals surface area (Å²) in [5.41, 5.74) is 1.11. The van der Waals surface area contributed by atoms with Crippen molar-refractivity contribution in [2.24, 2.45) is 0 Å². The van der Waals surface area contributed by atoms with E-state index in [1.807, 2.05) is 18.4 Å². The number of rotatable bonds is 3. The van der Waals surface area contributed by atoms with Gasteiger partial charge in [-0.05, 0) is 64.2 Å². The molecule has 0 aromatic carbocycles. The summed E-state index contributed by atoms with van der Waals surface area (Å²) in [5.74, 6) is 0. The zero-order valence-corrected chi connectivity index (χ0v) is 14.9. The summed E-state index contributed by atoms with van der Waals surface area (Å²) in [6.45, 7) is 2.47. The van der Waals surface area contributed by atoms with Gasteiger partial charge in [0.15, 0.2) is 0 Å². The summed E-state index contributed by atoms with van der Waals surface area (Å²) in [6.07, 6.45) is 1.82. The molecule has 20 heavy (non-hydrogen) atoms. The van der Waals surface area contributed by atoms with Gasteiger partial charge in [0.25, 0.3) is 0 Å². The van der Waals surface area contributed by atoms with Crippen molar-refractivity contribution in [3.8, 4) is 0 Å². The molecule has 1 atom stereocenters. The molecule has 1 aliphatic rings. The number of thiophene rings is 2. The van der Waals surface area contributed by atoms with Crippen molar-refractivity contribution in [3.05, 3.63) is 37.1 Å². The van der Waals surface area contributed by atoms with Crippen molar-refractivity contribution in [2.75, 3.05) is 6.54 Å².